The van der Waals surface area contributed by atoms with E-state index in [9.17, 15) is 4.79 Å². The summed E-state index contributed by atoms with van der Waals surface area (Å²) in [6.45, 7) is 8.61. The highest BCUT2D eigenvalue weighted by Crippen LogP contribution is 2.06. The molecule has 0 saturated carbocycles. The Bertz CT molecular complexity index is 253. The Hall–Kier alpha value is -1.28. The van der Waals surface area contributed by atoms with E-state index in [0.29, 0.717) is 19.5 Å². The van der Waals surface area contributed by atoms with Crippen LogP contribution in [0.2, 0.25) is 0 Å². The lowest BCUT2D eigenvalue weighted by Gasteiger charge is -2.22. The molecule has 1 amide bonds. The largest absolute Gasteiger partial charge is 0.444 e. The van der Waals surface area contributed by atoms with Crippen molar-refractivity contribution in [2.24, 2.45) is 0 Å². The van der Waals surface area contributed by atoms with Crippen molar-refractivity contribution in [3.63, 3.8) is 0 Å². The van der Waals surface area contributed by atoms with Crippen molar-refractivity contribution in [2.45, 2.75) is 45.8 Å². The molecule has 0 aliphatic carbocycles. The Morgan fingerprint density at radius 1 is 1.50 bits per heavy atom. The zero-order valence-electron chi connectivity index (χ0n) is 10.5. The van der Waals surface area contributed by atoms with Crippen LogP contribution in [0.15, 0.2) is 0 Å². The van der Waals surface area contributed by atoms with Gasteiger partial charge in [0.25, 0.3) is 0 Å². The van der Waals surface area contributed by atoms with Crippen molar-refractivity contribution in [3.05, 3.63) is 0 Å². The molecule has 5 nitrogen and oxygen atoms in total. The number of nitriles is 1. The van der Waals surface area contributed by atoms with Gasteiger partial charge in [-0.3, -0.25) is 0 Å². The molecule has 0 radical (unpaired) electrons. The van der Waals surface area contributed by atoms with Gasteiger partial charge in [-0.25, -0.2) is 4.79 Å². The van der Waals surface area contributed by atoms with Crippen molar-refractivity contribution in [3.8, 4) is 6.07 Å². The normalized spacial score (nSPS) is 12.7. The van der Waals surface area contributed by atoms with E-state index >= 15 is 0 Å². The first-order chi connectivity index (χ1) is 7.35. The minimum Gasteiger partial charge on any atom is -0.444 e. The van der Waals surface area contributed by atoms with Crippen LogP contribution in [0, 0.1) is 11.3 Å². The maximum atomic E-state index is 11.3. The molecule has 1 atom stereocenters. The van der Waals surface area contributed by atoms with Crippen LogP contribution in [0.1, 0.15) is 34.1 Å². The molecule has 0 aliphatic heterocycles. The molecule has 0 aliphatic rings. The first kappa shape index (κ1) is 14.7. The van der Waals surface area contributed by atoms with Crippen molar-refractivity contribution in [2.75, 3.05) is 13.1 Å². The van der Waals surface area contributed by atoms with E-state index in [-0.39, 0.29) is 6.04 Å². The van der Waals surface area contributed by atoms with E-state index in [4.69, 9.17) is 10.00 Å². The number of nitrogens with zero attached hydrogens (tertiary/aromatic N) is 1. The van der Waals surface area contributed by atoms with Gasteiger partial charge in [-0.2, -0.15) is 5.26 Å². The van der Waals surface area contributed by atoms with Crippen molar-refractivity contribution in [1.82, 2.24) is 10.6 Å². The number of ether oxygens (including phenoxy) is 1. The molecule has 0 spiro atoms. The SMILES string of the molecule is C[C@H](CNCCC#N)NC(=O)OC(C)(C)C. The Morgan fingerprint density at radius 3 is 2.62 bits per heavy atom. The van der Waals surface area contributed by atoms with Gasteiger partial charge in [0.05, 0.1) is 6.07 Å². The van der Waals surface area contributed by atoms with Gasteiger partial charge in [0, 0.05) is 25.6 Å². The number of hydrogen-bond acceptors (Lipinski definition) is 4. The van der Waals surface area contributed by atoms with Gasteiger partial charge in [-0.1, -0.05) is 0 Å². The van der Waals surface area contributed by atoms with Gasteiger partial charge >= 0.3 is 6.09 Å². The van der Waals surface area contributed by atoms with E-state index in [1.807, 2.05) is 33.8 Å². The summed E-state index contributed by atoms with van der Waals surface area (Å²) in [5.74, 6) is 0. The lowest BCUT2D eigenvalue weighted by molar-refractivity contribution is 0.0508. The zero-order valence-corrected chi connectivity index (χ0v) is 10.5. The van der Waals surface area contributed by atoms with Crippen LogP contribution in [0.4, 0.5) is 4.79 Å². The highest BCUT2D eigenvalue weighted by atomic mass is 16.6. The summed E-state index contributed by atoms with van der Waals surface area (Å²) in [6, 6.07) is 2.02. The number of alkyl carbamates (subject to hydrolysis) is 1. The summed E-state index contributed by atoms with van der Waals surface area (Å²) in [7, 11) is 0. The molecule has 5 heteroatoms. The second-order valence-corrected chi connectivity index (χ2v) is 4.66. The lowest BCUT2D eigenvalue weighted by atomic mass is 10.2. The van der Waals surface area contributed by atoms with Crippen molar-refractivity contribution in [1.29, 1.82) is 5.26 Å². The third kappa shape index (κ3) is 9.28. The van der Waals surface area contributed by atoms with Gasteiger partial charge < -0.3 is 15.4 Å². The Morgan fingerprint density at radius 2 is 2.12 bits per heavy atom. The Kier molecular flexibility index (Phi) is 6.50. The fraction of sp³-hybridized carbons (Fsp3) is 0.818. The summed E-state index contributed by atoms with van der Waals surface area (Å²) < 4.78 is 5.11. The molecular weight excluding hydrogens is 206 g/mol. The monoisotopic (exact) mass is 227 g/mol. The average Bonchev–Trinajstić information content (AvgIpc) is 2.09. The topological polar surface area (TPSA) is 74.2 Å². The van der Waals surface area contributed by atoms with E-state index in [1.165, 1.54) is 0 Å². The zero-order chi connectivity index (χ0) is 12.6. The van der Waals surface area contributed by atoms with E-state index < -0.39 is 11.7 Å². The van der Waals surface area contributed by atoms with E-state index in [0.717, 1.165) is 0 Å². The van der Waals surface area contributed by atoms with E-state index in [2.05, 4.69) is 10.6 Å². The van der Waals surface area contributed by atoms with Crippen LogP contribution < -0.4 is 10.6 Å². The minimum absolute atomic E-state index is 0.0199. The molecular formula is C11H21N3O2. The molecule has 0 heterocycles. The highest BCUT2D eigenvalue weighted by Gasteiger charge is 2.17. The minimum atomic E-state index is -0.474. The van der Waals surface area contributed by atoms with Crippen LogP contribution in [-0.4, -0.2) is 30.8 Å². The predicted molar refractivity (Wildman–Crippen MR) is 61.9 cm³/mol. The van der Waals surface area contributed by atoms with Gasteiger partial charge in [0.2, 0.25) is 0 Å². The van der Waals surface area contributed by atoms with Crippen molar-refractivity contribution >= 4 is 6.09 Å². The Labute approximate surface area is 97.2 Å². The van der Waals surface area contributed by atoms with Crippen molar-refractivity contribution < 1.29 is 9.53 Å². The fourth-order valence-corrected chi connectivity index (χ4v) is 1.02. The smallest absolute Gasteiger partial charge is 0.407 e. The molecule has 0 fully saturated rings. The maximum Gasteiger partial charge on any atom is 0.407 e. The number of amides is 1. The maximum absolute atomic E-state index is 11.3. The summed E-state index contributed by atoms with van der Waals surface area (Å²) in [5, 5.41) is 14.1. The quantitative estimate of drug-likeness (QED) is 0.696. The lowest BCUT2D eigenvalue weighted by Crippen LogP contribution is -2.42. The molecule has 16 heavy (non-hydrogen) atoms. The van der Waals surface area contributed by atoms with Crippen LogP contribution >= 0.6 is 0 Å². The molecule has 0 bridgehead atoms. The standard InChI is InChI=1S/C11H21N3O2/c1-9(8-13-7-5-6-12)14-10(15)16-11(2,3)4/h9,13H,5,7-8H2,1-4H3,(H,14,15)/t9-/m1/s1. The molecule has 0 aromatic rings. The first-order valence-corrected chi connectivity index (χ1v) is 5.42. The number of carbonyl (C=O) groups excluding carboxylic acids is 1. The summed E-state index contributed by atoms with van der Waals surface area (Å²) in [5.41, 5.74) is -0.474. The van der Waals surface area contributed by atoms with E-state index in [1.54, 1.807) is 0 Å². The fourth-order valence-electron chi connectivity index (χ4n) is 1.02. The molecule has 0 aromatic carbocycles. The molecule has 0 rings (SSSR count). The average molecular weight is 227 g/mol. The van der Waals surface area contributed by atoms with Gasteiger partial charge in [-0.15, -0.1) is 0 Å². The number of nitrogens with one attached hydrogen (secondary N) is 2. The molecule has 2 N–H and O–H groups in total. The van der Waals surface area contributed by atoms with Gasteiger partial charge in [-0.05, 0) is 27.7 Å². The second-order valence-electron chi connectivity index (χ2n) is 4.66. The molecule has 0 aromatic heterocycles. The van der Waals surface area contributed by atoms with Crippen LogP contribution in [0.3, 0.4) is 0 Å². The van der Waals surface area contributed by atoms with Crippen LogP contribution in [0.5, 0.6) is 0 Å². The van der Waals surface area contributed by atoms with Crippen LogP contribution in [0.25, 0.3) is 0 Å². The number of carbonyl (C=O) groups is 1. The summed E-state index contributed by atoms with van der Waals surface area (Å²) in [6.07, 6.45) is 0.0566. The summed E-state index contributed by atoms with van der Waals surface area (Å²) in [4.78, 5) is 11.3. The predicted octanol–water partition coefficient (Wildman–Crippen LogP) is 1.40. The third-order valence-electron chi connectivity index (χ3n) is 1.63. The highest BCUT2D eigenvalue weighted by molar-refractivity contribution is 5.68. The molecule has 0 saturated heterocycles. The Balaban J connectivity index is 3.67. The molecule has 92 valence electrons. The summed E-state index contributed by atoms with van der Waals surface area (Å²) >= 11 is 0. The van der Waals surface area contributed by atoms with Gasteiger partial charge in [0.15, 0.2) is 0 Å². The number of rotatable bonds is 5. The van der Waals surface area contributed by atoms with Gasteiger partial charge in [0.1, 0.15) is 5.60 Å². The second kappa shape index (κ2) is 7.07. The first-order valence-electron chi connectivity index (χ1n) is 5.42. The van der Waals surface area contributed by atoms with Crippen LogP contribution in [-0.2, 0) is 4.74 Å². The number of hydrogen-bond donors (Lipinski definition) is 2. The molecule has 0 unspecified atom stereocenters. The third-order valence-corrected chi connectivity index (χ3v) is 1.63.